The average molecular weight is 757 g/mol. The maximum Gasteiger partial charge on any atom is 0.425 e. The second kappa shape index (κ2) is 14.8. The average Bonchev–Trinajstić information content (AvgIpc) is 3.30. The Bertz CT molecular complexity index is 2280. The number of carbonyl (C=O) groups is 4. The number of urea groups is 1. The first-order valence-corrected chi connectivity index (χ1v) is 17.5. The number of hydrogen-bond donors (Lipinski definition) is 0. The highest BCUT2D eigenvalue weighted by Crippen LogP contribution is 2.34. The van der Waals surface area contributed by atoms with E-state index in [0.717, 1.165) is 18.3 Å². The van der Waals surface area contributed by atoms with Crippen LogP contribution < -0.4 is 22.5 Å². The topological polar surface area (TPSA) is 181 Å². The maximum atomic E-state index is 14.9. The molecule has 5 rings (SSSR count). The third-order valence-electron chi connectivity index (χ3n) is 8.61. The van der Waals surface area contributed by atoms with Crippen LogP contribution in [0.15, 0.2) is 92.2 Å². The Labute approximate surface area is 315 Å². The zero-order valence-corrected chi connectivity index (χ0v) is 32.0. The van der Waals surface area contributed by atoms with E-state index < -0.39 is 76.5 Å². The van der Waals surface area contributed by atoms with Gasteiger partial charge >= 0.3 is 29.6 Å². The Hall–Kier alpha value is -6.32. The van der Waals surface area contributed by atoms with Gasteiger partial charge in [0.15, 0.2) is 5.54 Å². The number of nitrogens with zero attached hydrogens (tertiary/aromatic N) is 6. The third-order valence-corrected chi connectivity index (χ3v) is 8.61. The fourth-order valence-electron chi connectivity index (χ4n) is 6.23. The van der Waals surface area contributed by atoms with Crippen molar-refractivity contribution in [2.24, 2.45) is 0 Å². The van der Waals surface area contributed by atoms with Gasteiger partial charge in [-0.05, 0) is 66.5 Å². The van der Waals surface area contributed by atoms with Crippen LogP contribution >= 0.6 is 0 Å². The van der Waals surface area contributed by atoms with Crippen LogP contribution in [0.5, 0.6) is 0 Å². The minimum absolute atomic E-state index is 0.0692. The molecule has 3 heterocycles. The Morgan fingerprint density at radius 1 is 0.600 bits per heavy atom. The van der Waals surface area contributed by atoms with Gasteiger partial charge in [0, 0.05) is 23.5 Å². The monoisotopic (exact) mass is 756 g/mol. The molecular formula is C39H44N6O10. The Kier molecular flexibility index (Phi) is 10.8. The van der Waals surface area contributed by atoms with Gasteiger partial charge in [-0.15, -0.1) is 0 Å². The number of amides is 5. The number of carbonyl (C=O) groups excluding carboxylic acids is 4. The fraction of sp³-hybridized carbons (Fsp3) is 0.385. The van der Waals surface area contributed by atoms with Crippen molar-refractivity contribution >= 4 is 24.1 Å². The predicted molar refractivity (Wildman–Crippen MR) is 200 cm³/mol. The highest BCUT2D eigenvalue weighted by molar-refractivity contribution is 6.20. The van der Waals surface area contributed by atoms with E-state index in [-0.39, 0.29) is 29.1 Å². The second-order valence-electron chi connectivity index (χ2n) is 15.4. The lowest BCUT2D eigenvalue weighted by Crippen LogP contribution is -2.61. The molecule has 0 radical (unpaired) electrons. The number of hydrogen-bond acceptors (Lipinski definition) is 10. The molecule has 2 aromatic heterocycles. The molecule has 5 amide bonds. The van der Waals surface area contributed by atoms with Gasteiger partial charge in [0.25, 0.3) is 17.0 Å². The fourth-order valence-corrected chi connectivity index (χ4v) is 6.23. The van der Waals surface area contributed by atoms with Crippen LogP contribution in [-0.2, 0) is 40.4 Å². The molecule has 0 atom stereocenters. The zero-order chi connectivity index (χ0) is 40.6. The summed E-state index contributed by atoms with van der Waals surface area (Å²) in [6.45, 7) is 9.92. The zero-order valence-electron chi connectivity index (χ0n) is 32.0. The van der Waals surface area contributed by atoms with E-state index in [1.807, 2.05) is 0 Å². The SMILES string of the molecule is Cc1cn(CC2(Cn3cc(C)c(=O)n(Cc4ccccc4)c3=O)C(=O)N(C(=O)OC(C)(C)C)C(=O)N2C(=O)OC(C)(C)C)c(=O)n(Cc2ccccc2)c1=O. The minimum Gasteiger partial charge on any atom is -0.443 e. The molecule has 1 saturated heterocycles. The van der Waals surface area contributed by atoms with Crippen molar-refractivity contribution in [3.05, 3.63) is 137 Å². The molecule has 0 unspecified atom stereocenters. The number of ether oxygens (including phenoxy) is 2. The molecule has 16 nitrogen and oxygen atoms in total. The molecule has 0 N–H and O–H groups in total. The molecule has 0 spiro atoms. The molecule has 2 aromatic carbocycles. The first kappa shape index (κ1) is 39.9. The summed E-state index contributed by atoms with van der Waals surface area (Å²) < 4.78 is 14.8. The highest BCUT2D eigenvalue weighted by atomic mass is 16.6. The molecule has 1 fully saturated rings. The number of imide groups is 4. The van der Waals surface area contributed by atoms with E-state index in [9.17, 15) is 38.4 Å². The molecule has 4 aromatic rings. The summed E-state index contributed by atoms with van der Waals surface area (Å²) in [6, 6.07) is 15.8. The van der Waals surface area contributed by atoms with Gasteiger partial charge in [-0.2, -0.15) is 4.90 Å². The molecular weight excluding hydrogens is 712 g/mol. The molecule has 0 bridgehead atoms. The normalized spacial score (nSPS) is 14.3. The molecule has 290 valence electrons. The van der Waals surface area contributed by atoms with Crippen LogP contribution in [-0.4, -0.2) is 68.9 Å². The standard InChI is InChI=1S/C39H44N6O10/c1-25-19-40(32(49)42(29(25)46)21-27-15-11-9-12-16-27)23-39(24-41-20-26(2)30(47)43(33(41)50)22-28-17-13-10-14-18-28)31(48)44(35(52)54-37(3,4)5)34(51)45(39)36(53)55-38(6,7)8/h9-20H,21-24H2,1-8H3. The van der Waals surface area contributed by atoms with Crippen LogP contribution in [0.25, 0.3) is 0 Å². The van der Waals surface area contributed by atoms with E-state index in [4.69, 9.17) is 9.47 Å². The van der Waals surface area contributed by atoms with E-state index in [2.05, 4.69) is 0 Å². The van der Waals surface area contributed by atoms with Crippen molar-refractivity contribution < 1.29 is 28.7 Å². The molecule has 55 heavy (non-hydrogen) atoms. The predicted octanol–water partition coefficient (Wildman–Crippen LogP) is 3.62. The number of rotatable bonds is 8. The Morgan fingerprint density at radius 2 is 0.982 bits per heavy atom. The van der Waals surface area contributed by atoms with Gasteiger partial charge in [0.1, 0.15) is 11.2 Å². The van der Waals surface area contributed by atoms with Crippen molar-refractivity contribution in [1.29, 1.82) is 0 Å². The number of aromatic nitrogens is 4. The first-order chi connectivity index (χ1) is 25.6. The van der Waals surface area contributed by atoms with Crippen molar-refractivity contribution in [3.8, 4) is 0 Å². The summed E-state index contributed by atoms with van der Waals surface area (Å²) in [7, 11) is 0. The minimum atomic E-state index is -2.59. The van der Waals surface area contributed by atoms with E-state index in [1.54, 1.807) is 60.7 Å². The summed E-state index contributed by atoms with van der Waals surface area (Å²) in [5.41, 5.74) is -6.79. The summed E-state index contributed by atoms with van der Waals surface area (Å²) in [5.74, 6) is -1.33. The quantitative estimate of drug-likeness (QED) is 0.241. The van der Waals surface area contributed by atoms with Gasteiger partial charge < -0.3 is 9.47 Å². The van der Waals surface area contributed by atoms with Crippen molar-refractivity contribution in [1.82, 2.24) is 28.1 Å². The van der Waals surface area contributed by atoms with Gasteiger partial charge in [-0.1, -0.05) is 60.7 Å². The van der Waals surface area contributed by atoms with Crippen LogP contribution in [0.2, 0.25) is 0 Å². The van der Waals surface area contributed by atoms with Crippen LogP contribution in [0.1, 0.15) is 63.8 Å². The summed E-state index contributed by atoms with van der Waals surface area (Å²) >= 11 is 0. The summed E-state index contributed by atoms with van der Waals surface area (Å²) in [6.07, 6.45) is -0.464. The molecule has 16 heteroatoms. The molecule has 0 aliphatic carbocycles. The van der Waals surface area contributed by atoms with Gasteiger partial charge in [0.2, 0.25) is 0 Å². The largest absolute Gasteiger partial charge is 0.443 e. The lowest BCUT2D eigenvalue weighted by atomic mass is 9.96. The first-order valence-electron chi connectivity index (χ1n) is 17.5. The van der Waals surface area contributed by atoms with Gasteiger partial charge in [0.05, 0.1) is 26.2 Å². The van der Waals surface area contributed by atoms with E-state index in [1.165, 1.54) is 67.8 Å². The Balaban J connectivity index is 1.79. The number of aryl methyl sites for hydroxylation is 2. The number of benzene rings is 2. The van der Waals surface area contributed by atoms with Crippen LogP contribution in [0.4, 0.5) is 14.4 Å². The second-order valence-corrected chi connectivity index (χ2v) is 15.4. The Morgan fingerprint density at radius 3 is 1.36 bits per heavy atom. The smallest absolute Gasteiger partial charge is 0.425 e. The van der Waals surface area contributed by atoms with Gasteiger partial charge in [-0.25, -0.2) is 28.9 Å². The maximum absolute atomic E-state index is 14.9. The molecule has 0 saturated carbocycles. The molecule has 1 aliphatic heterocycles. The van der Waals surface area contributed by atoms with Gasteiger partial charge in [-0.3, -0.25) is 32.7 Å². The third kappa shape index (κ3) is 8.27. The summed E-state index contributed by atoms with van der Waals surface area (Å²) in [4.78, 5) is 113. The van der Waals surface area contributed by atoms with E-state index >= 15 is 0 Å². The van der Waals surface area contributed by atoms with Crippen LogP contribution in [0, 0.1) is 13.8 Å². The van der Waals surface area contributed by atoms with Crippen molar-refractivity contribution in [2.75, 3.05) is 0 Å². The summed E-state index contributed by atoms with van der Waals surface area (Å²) in [5, 5.41) is 0. The lowest BCUT2D eigenvalue weighted by Gasteiger charge is -2.35. The lowest BCUT2D eigenvalue weighted by molar-refractivity contribution is -0.134. The van der Waals surface area contributed by atoms with Crippen molar-refractivity contribution in [2.45, 2.75) is 98.3 Å². The molecule has 1 aliphatic rings. The van der Waals surface area contributed by atoms with Crippen molar-refractivity contribution in [3.63, 3.8) is 0 Å². The van der Waals surface area contributed by atoms with E-state index in [0.29, 0.717) is 16.0 Å². The van der Waals surface area contributed by atoms with Crippen LogP contribution in [0.3, 0.4) is 0 Å². The highest BCUT2D eigenvalue weighted by Gasteiger charge is 2.64.